The predicted octanol–water partition coefficient (Wildman–Crippen LogP) is 2.00. The van der Waals surface area contributed by atoms with Crippen molar-refractivity contribution in [3.05, 3.63) is 29.8 Å². The van der Waals surface area contributed by atoms with E-state index < -0.39 is 0 Å². The van der Waals surface area contributed by atoms with Crippen LogP contribution in [0.25, 0.3) is 0 Å². The van der Waals surface area contributed by atoms with Gasteiger partial charge in [-0.1, -0.05) is 32.0 Å². The first-order chi connectivity index (χ1) is 9.66. The van der Waals surface area contributed by atoms with Gasteiger partial charge in [0.2, 0.25) is 5.91 Å². The molecule has 110 valence electrons. The van der Waals surface area contributed by atoms with Crippen LogP contribution >= 0.6 is 11.8 Å². The van der Waals surface area contributed by atoms with Crippen LogP contribution in [0.2, 0.25) is 0 Å². The number of rotatable bonds is 6. The van der Waals surface area contributed by atoms with Crippen molar-refractivity contribution >= 4 is 17.7 Å². The van der Waals surface area contributed by atoms with Crippen molar-refractivity contribution in [1.82, 2.24) is 10.6 Å². The van der Waals surface area contributed by atoms with Crippen molar-refractivity contribution in [3.8, 4) is 5.75 Å². The van der Waals surface area contributed by atoms with E-state index in [1.165, 1.54) is 0 Å². The summed E-state index contributed by atoms with van der Waals surface area (Å²) >= 11 is 1.75. The molecule has 1 unspecified atom stereocenters. The zero-order chi connectivity index (χ0) is 14.4. The molecule has 0 bridgehead atoms. The molecule has 0 radical (unpaired) electrons. The number of hydrogen-bond acceptors (Lipinski definition) is 4. The molecule has 0 aromatic heterocycles. The van der Waals surface area contributed by atoms with E-state index >= 15 is 0 Å². The Morgan fingerprint density at radius 2 is 2.30 bits per heavy atom. The van der Waals surface area contributed by atoms with Gasteiger partial charge in [-0.25, -0.2) is 0 Å². The molecular weight excluding hydrogens is 272 g/mol. The van der Waals surface area contributed by atoms with E-state index in [9.17, 15) is 4.79 Å². The molecule has 2 N–H and O–H groups in total. The smallest absolute Gasteiger partial charge is 0.238 e. The number of thioether (sulfide) groups is 1. The number of nitrogens with one attached hydrogen (secondary N) is 2. The topological polar surface area (TPSA) is 50.4 Å². The maximum Gasteiger partial charge on any atom is 0.238 e. The van der Waals surface area contributed by atoms with Gasteiger partial charge in [0.1, 0.15) is 5.75 Å². The van der Waals surface area contributed by atoms with Crippen LogP contribution in [0.1, 0.15) is 19.4 Å². The van der Waals surface area contributed by atoms with Crippen molar-refractivity contribution in [1.29, 1.82) is 0 Å². The van der Waals surface area contributed by atoms with E-state index in [1.807, 2.05) is 24.3 Å². The fourth-order valence-corrected chi connectivity index (χ4v) is 2.86. The van der Waals surface area contributed by atoms with Crippen molar-refractivity contribution in [3.63, 3.8) is 0 Å². The molecule has 1 saturated heterocycles. The van der Waals surface area contributed by atoms with Crippen molar-refractivity contribution < 1.29 is 9.53 Å². The minimum Gasteiger partial charge on any atom is -0.493 e. The maximum absolute atomic E-state index is 12.0. The fourth-order valence-electron chi connectivity index (χ4n) is 1.92. The molecule has 0 aliphatic carbocycles. The molecule has 1 aromatic rings. The van der Waals surface area contributed by atoms with Gasteiger partial charge in [-0.05, 0) is 12.0 Å². The quantitative estimate of drug-likeness (QED) is 0.842. The van der Waals surface area contributed by atoms with Crippen LogP contribution in [0, 0.1) is 5.92 Å². The van der Waals surface area contributed by atoms with E-state index in [2.05, 4.69) is 24.5 Å². The van der Waals surface area contributed by atoms with E-state index in [0.29, 0.717) is 19.1 Å². The fraction of sp³-hybridized carbons (Fsp3) is 0.533. The van der Waals surface area contributed by atoms with Crippen molar-refractivity contribution in [2.45, 2.75) is 26.4 Å². The summed E-state index contributed by atoms with van der Waals surface area (Å²) in [6, 6.07) is 7.80. The van der Waals surface area contributed by atoms with Crippen LogP contribution in [-0.2, 0) is 11.3 Å². The minimum absolute atomic E-state index is 0.0636. The lowest BCUT2D eigenvalue weighted by atomic mass is 10.2. The highest BCUT2D eigenvalue weighted by atomic mass is 32.2. The van der Waals surface area contributed by atoms with E-state index in [4.69, 9.17) is 4.74 Å². The third kappa shape index (κ3) is 4.42. The molecule has 1 aliphatic heterocycles. The van der Waals surface area contributed by atoms with Crippen molar-refractivity contribution in [2.75, 3.05) is 18.2 Å². The van der Waals surface area contributed by atoms with Gasteiger partial charge in [-0.15, -0.1) is 11.8 Å². The first-order valence-corrected chi connectivity index (χ1v) is 8.12. The van der Waals surface area contributed by atoms with Gasteiger partial charge in [0.15, 0.2) is 0 Å². The lowest BCUT2D eigenvalue weighted by Gasteiger charge is -2.15. The zero-order valence-electron chi connectivity index (χ0n) is 12.0. The van der Waals surface area contributed by atoms with Crippen LogP contribution < -0.4 is 15.4 Å². The van der Waals surface area contributed by atoms with Gasteiger partial charge < -0.3 is 10.1 Å². The number of benzene rings is 1. The summed E-state index contributed by atoms with van der Waals surface area (Å²) in [6.45, 7) is 5.43. The number of hydrogen-bond donors (Lipinski definition) is 2. The Hall–Kier alpha value is -1.20. The first-order valence-electron chi connectivity index (χ1n) is 6.96. The monoisotopic (exact) mass is 294 g/mol. The Morgan fingerprint density at radius 1 is 1.50 bits per heavy atom. The minimum atomic E-state index is -0.0660. The molecule has 20 heavy (non-hydrogen) atoms. The van der Waals surface area contributed by atoms with Crippen LogP contribution in [0.4, 0.5) is 0 Å². The Morgan fingerprint density at radius 3 is 3.00 bits per heavy atom. The maximum atomic E-state index is 12.0. The Kier molecular flexibility index (Phi) is 5.73. The summed E-state index contributed by atoms with van der Waals surface area (Å²) in [7, 11) is 0. The highest BCUT2D eigenvalue weighted by molar-refractivity contribution is 7.99. The Labute approximate surface area is 124 Å². The molecule has 4 nitrogen and oxygen atoms in total. The summed E-state index contributed by atoms with van der Waals surface area (Å²) in [5, 5.41) is 6.14. The van der Waals surface area contributed by atoms with E-state index in [1.54, 1.807) is 11.8 Å². The largest absolute Gasteiger partial charge is 0.493 e. The second-order valence-electron chi connectivity index (χ2n) is 5.30. The molecule has 1 fully saturated rings. The number of amides is 1. The summed E-state index contributed by atoms with van der Waals surface area (Å²) in [6.07, 6.45) is 0. The standard InChI is InChI=1S/C15H22N2O2S/c1-11(2)8-19-14-6-4-3-5-12(14)7-16-15(18)13-9-20-10-17-13/h3-6,11,13,17H,7-10H2,1-2H3,(H,16,18). The molecule has 1 atom stereocenters. The van der Waals surface area contributed by atoms with E-state index in [0.717, 1.165) is 22.9 Å². The van der Waals surface area contributed by atoms with Gasteiger partial charge >= 0.3 is 0 Å². The first kappa shape index (κ1) is 15.2. The van der Waals surface area contributed by atoms with Gasteiger partial charge in [0, 0.05) is 23.7 Å². The summed E-state index contributed by atoms with van der Waals surface area (Å²) in [5.41, 5.74) is 1.02. The average molecular weight is 294 g/mol. The van der Waals surface area contributed by atoms with Gasteiger partial charge in [0.05, 0.1) is 12.6 Å². The Balaban J connectivity index is 1.89. The third-order valence-electron chi connectivity index (χ3n) is 3.03. The molecule has 1 aliphatic rings. The molecule has 2 rings (SSSR count). The van der Waals surface area contributed by atoms with Crippen LogP contribution in [-0.4, -0.2) is 30.2 Å². The van der Waals surface area contributed by atoms with Gasteiger partial charge in [-0.2, -0.15) is 0 Å². The molecule has 1 aromatic carbocycles. The zero-order valence-corrected chi connectivity index (χ0v) is 12.8. The normalized spacial score (nSPS) is 18.2. The SMILES string of the molecule is CC(C)COc1ccccc1CNC(=O)C1CSCN1. The third-order valence-corrected chi connectivity index (χ3v) is 3.97. The predicted molar refractivity (Wildman–Crippen MR) is 82.9 cm³/mol. The highest BCUT2D eigenvalue weighted by Gasteiger charge is 2.22. The van der Waals surface area contributed by atoms with E-state index in [-0.39, 0.29) is 11.9 Å². The molecule has 1 amide bonds. The summed E-state index contributed by atoms with van der Waals surface area (Å²) < 4.78 is 5.79. The van der Waals surface area contributed by atoms with Crippen molar-refractivity contribution in [2.24, 2.45) is 5.92 Å². The molecule has 0 spiro atoms. The summed E-state index contributed by atoms with van der Waals surface area (Å²) in [4.78, 5) is 12.0. The number of ether oxygens (including phenoxy) is 1. The Bertz CT molecular complexity index is 445. The molecule has 5 heteroatoms. The van der Waals surface area contributed by atoms with Crippen LogP contribution in [0.3, 0.4) is 0 Å². The summed E-state index contributed by atoms with van der Waals surface area (Å²) in [5.74, 6) is 3.10. The molecule has 0 saturated carbocycles. The molecule has 1 heterocycles. The average Bonchev–Trinajstić information content (AvgIpc) is 2.97. The number of carbonyl (C=O) groups is 1. The van der Waals surface area contributed by atoms with Gasteiger partial charge in [-0.3, -0.25) is 10.1 Å². The highest BCUT2D eigenvalue weighted by Crippen LogP contribution is 2.18. The second-order valence-corrected chi connectivity index (χ2v) is 6.33. The lowest BCUT2D eigenvalue weighted by molar-refractivity contribution is -0.122. The second kappa shape index (κ2) is 7.55. The number of carbonyl (C=O) groups excluding carboxylic acids is 1. The lowest BCUT2D eigenvalue weighted by Crippen LogP contribution is -2.41. The van der Waals surface area contributed by atoms with Crippen LogP contribution in [0.15, 0.2) is 24.3 Å². The van der Waals surface area contributed by atoms with Crippen LogP contribution in [0.5, 0.6) is 5.75 Å². The molecular formula is C15H22N2O2S. The van der Waals surface area contributed by atoms with Gasteiger partial charge in [0.25, 0.3) is 0 Å². The number of para-hydroxylation sites is 1.